The molecule has 1 aliphatic rings. The van der Waals surface area contributed by atoms with Crippen LogP contribution in [0.4, 0.5) is 0 Å². The van der Waals surface area contributed by atoms with Gasteiger partial charge in [0.25, 0.3) is 0 Å². The smallest absolute Gasteiger partial charge is 0.239 e. The number of nitrogens with zero attached hydrogens (tertiary/aromatic N) is 4. The third kappa shape index (κ3) is 3.53. The Morgan fingerprint density at radius 1 is 1.53 bits per heavy atom. The van der Waals surface area contributed by atoms with Crippen LogP contribution in [-0.4, -0.2) is 44.9 Å². The van der Waals surface area contributed by atoms with Crippen LogP contribution in [0.1, 0.15) is 26.7 Å². The summed E-state index contributed by atoms with van der Waals surface area (Å²) in [7, 11) is 0. The number of piperidine rings is 1. The van der Waals surface area contributed by atoms with E-state index in [1.54, 1.807) is 6.20 Å². The van der Waals surface area contributed by atoms with E-state index in [4.69, 9.17) is 5.73 Å². The molecule has 1 saturated heterocycles. The molecule has 0 radical (unpaired) electrons. The third-order valence-electron chi connectivity index (χ3n) is 3.75. The second kappa shape index (κ2) is 6.14. The molecule has 1 fully saturated rings. The molecular formula is C13H23N5O. The number of nitrogens with two attached hydrogens (primary N) is 1. The summed E-state index contributed by atoms with van der Waals surface area (Å²) in [4.78, 5) is 14.2. The van der Waals surface area contributed by atoms with Crippen molar-refractivity contribution in [3.05, 3.63) is 12.4 Å². The Hall–Kier alpha value is -1.43. The highest BCUT2D eigenvalue weighted by Gasteiger charge is 2.28. The summed E-state index contributed by atoms with van der Waals surface area (Å²) in [6.07, 6.45) is 5.71. The van der Waals surface area contributed by atoms with Crippen LogP contribution in [0.3, 0.4) is 0 Å². The van der Waals surface area contributed by atoms with Crippen LogP contribution in [0.2, 0.25) is 0 Å². The molecule has 19 heavy (non-hydrogen) atoms. The van der Waals surface area contributed by atoms with Gasteiger partial charge in [-0.3, -0.25) is 9.48 Å². The highest BCUT2D eigenvalue weighted by molar-refractivity contribution is 5.82. The quantitative estimate of drug-likeness (QED) is 0.860. The molecule has 0 aliphatic carbocycles. The molecule has 0 unspecified atom stereocenters. The van der Waals surface area contributed by atoms with Crippen LogP contribution in [0, 0.1) is 11.8 Å². The van der Waals surface area contributed by atoms with Crippen LogP contribution in [0.25, 0.3) is 0 Å². The number of aromatic nitrogens is 3. The molecule has 0 saturated carbocycles. The standard InChI is InChI=1S/C13H23N5O/c1-10(2)12(14)13(19)17-6-3-4-11(8-17)9-18-7-5-15-16-18/h5,7,10-12H,3-4,6,8-9,14H2,1-2H3/t11-,12+/m1/s1. The van der Waals surface area contributed by atoms with E-state index in [2.05, 4.69) is 10.3 Å². The minimum Gasteiger partial charge on any atom is -0.341 e. The van der Waals surface area contributed by atoms with Crippen molar-refractivity contribution in [2.45, 2.75) is 39.3 Å². The molecule has 2 N–H and O–H groups in total. The molecule has 106 valence electrons. The zero-order valence-electron chi connectivity index (χ0n) is 11.7. The summed E-state index contributed by atoms with van der Waals surface area (Å²) in [6, 6.07) is -0.384. The molecule has 0 bridgehead atoms. The number of rotatable bonds is 4. The molecule has 2 heterocycles. The Bertz CT molecular complexity index is 403. The summed E-state index contributed by atoms with van der Waals surface area (Å²) < 4.78 is 1.83. The van der Waals surface area contributed by atoms with Gasteiger partial charge in [-0.1, -0.05) is 19.1 Å². The van der Waals surface area contributed by atoms with Gasteiger partial charge in [-0.05, 0) is 24.7 Å². The highest BCUT2D eigenvalue weighted by atomic mass is 16.2. The van der Waals surface area contributed by atoms with Crippen LogP contribution < -0.4 is 5.73 Å². The Morgan fingerprint density at radius 3 is 2.95 bits per heavy atom. The number of amides is 1. The van der Waals surface area contributed by atoms with Crippen molar-refractivity contribution >= 4 is 5.91 Å². The fourth-order valence-electron chi connectivity index (χ4n) is 2.50. The maximum atomic E-state index is 12.3. The number of likely N-dealkylation sites (tertiary alicyclic amines) is 1. The Kier molecular flexibility index (Phi) is 4.52. The van der Waals surface area contributed by atoms with Crippen molar-refractivity contribution in [2.24, 2.45) is 17.6 Å². The molecule has 1 aliphatic heterocycles. The number of hydrogen-bond donors (Lipinski definition) is 1. The minimum atomic E-state index is -0.384. The van der Waals surface area contributed by atoms with Gasteiger partial charge >= 0.3 is 0 Å². The van der Waals surface area contributed by atoms with Gasteiger partial charge in [-0.25, -0.2) is 0 Å². The topological polar surface area (TPSA) is 77.0 Å². The number of carbonyl (C=O) groups is 1. The van der Waals surface area contributed by atoms with Crippen LogP contribution in [0.5, 0.6) is 0 Å². The van der Waals surface area contributed by atoms with Gasteiger partial charge < -0.3 is 10.6 Å². The van der Waals surface area contributed by atoms with Crippen molar-refractivity contribution in [3.8, 4) is 0 Å². The summed E-state index contributed by atoms with van der Waals surface area (Å²) >= 11 is 0. The minimum absolute atomic E-state index is 0.0818. The van der Waals surface area contributed by atoms with Crippen molar-refractivity contribution in [3.63, 3.8) is 0 Å². The second-order valence-corrected chi connectivity index (χ2v) is 5.69. The van der Waals surface area contributed by atoms with Gasteiger partial charge in [0.15, 0.2) is 0 Å². The predicted octanol–water partition coefficient (Wildman–Crippen LogP) is 0.500. The molecule has 1 amide bonds. The lowest BCUT2D eigenvalue weighted by molar-refractivity contribution is -0.135. The molecule has 2 rings (SSSR count). The van der Waals surface area contributed by atoms with E-state index >= 15 is 0 Å². The summed E-state index contributed by atoms with van der Waals surface area (Å²) in [5.74, 6) is 0.709. The van der Waals surface area contributed by atoms with Gasteiger partial charge in [-0.2, -0.15) is 0 Å². The van der Waals surface area contributed by atoms with E-state index in [0.29, 0.717) is 5.92 Å². The van der Waals surface area contributed by atoms with Crippen molar-refractivity contribution in [2.75, 3.05) is 13.1 Å². The van der Waals surface area contributed by atoms with Crippen LogP contribution >= 0.6 is 0 Å². The van der Waals surface area contributed by atoms with Gasteiger partial charge in [-0.15, -0.1) is 5.10 Å². The summed E-state index contributed by atoms with van der Waals surface area (Å²) in [6.45, 7) is 6.39. The third-order valence-corrected chi connectivity index (χ3v) is 3.75. The molecule has 1 aromatic rings. The molecule has 6 nitrogen and oxygen atoms in total. The van der Waals surface area contributed by atoms with Gasteiger partial charge in [0.2, 0.25) is 5.91 Å². The maximum Gasteiger partial charge on any atom is 0.239 e. The lowest BCUT2D eigenvalue weighted by Gasteiger charge is -2.34. The molecule has 6 heteroatoms. The highest BCUT2D eigenvalue weighted by Crippen LogP contribution is 2.19. The number of hydrogen-bond acceptors (Lipinski definition) is 4. The average Bonchev–Trinajstić information content (AvgIpc) is 2.90. The molecular weight excluding hydrogens is 242 g/mol. The first-order valence-corrected chi connectivity index (χ1v) is 6.96. The van der Waals surface area contributed by atoms with E-state index in [-0.39, 0.29) is 17.9 Å². The SMILES string of the molecule is CC(C)[C@H](N)C(=O)N1CCC[C@@H](Cn2ccnn2)C1. The lowest BCUT2D eigenvalue weighted by atomic mass is 9.96. The van der Waals surface area contributed by atoms with E-state index in [0.717, 1.165) is 32.5 Å². The Labute approximate surface area is 113 Å². The summed E-state index contributed by atoms with van der Waals surface area (Å²) in [5, 5.41) is 7.79. The fraction of sp³-hybridized carbons (Fsp3) is 0.769. The molecule has 0 spiro atoms. The van der Waals surface area contributed by atoms with Gasteiger partial charge in [0, 0.05) is 25.8 Å². The maximum absolute atomic E-state index is 12.3. The lowest BCUT2D eigenvalue weighted by Crippen LogP contribution is -2.50. The van der Waals surface area contributed by atoms with Crippen LogP contribution in [-0.2, 0) is 11.3 Å². The molecule has 1 aromatic heterocycles. The van der Waals surface area contributed by atoms with Crippen molar-refractivity contribution in [1.82, 2.24) is 19.9 Å². The van der Waals surface area contributed by atoms with Gasteiger partial charge in [0.1, 0.15) is 0 Å². The largest absolute Gasteiger partial charge is 0.341 e. The Morgan fingerprint density at radius 2 is 2.32 bits per heavy atom. The fourth-order valence-corrected chi connectivity index (χ4v) is 2.50. The van der Waals surface area contributed by atoms with E-state index < -0.39 is 0 Å². The first-order valence-electron chi connectivity index (χ1n) is 6.96. The van der Waals surface area contributed by atoms with E-state index in [1.807, 2.05) is 29.6 Å². The second-order valence-electron chi connectivity index (χ2n) is 5.69. The monoisotopic (exact) mass is 265 g/mol. The zero-order valence-corrected chi connectivity index (χ0v) is 11.7. The molecule has 0 aromatic carbocycles. The van der Waals surface area contributed by atoms with Crippen LogP contribution in [0.15, 0.2) is 12.4 Å². The Balaban J connectivity index is 1.91. The number of carbonyl (C=O) groups excluding carboxylic acids is 1. The normalized spacial score (nSPS) is 21.7. The first kappa shape index (κ1) is 14.0. The molecule has 2 atom stereocenters. The van der Waals surface area contributed by atoms with Gasteiger partial charge in [0.05, 0.1) is 12.2 Å². The summed E-state index contributed by atoms with van der Waals surface area (Å²) in [5.41, 5.74) is 5.95. The van der Waals surface area contributed by atoms with E-state index in [9.17, 15) is 4.79 Å². The average molecular weight is 265 g/mol. The van der Waals surface area contributed by atoms with Crippen molar-refractivity contribution in [1.29, 1.82) is 0 Å². The van der Waals surface area contributed by atoms with Crippen molar-refractivity contribution < 1.29 is 4.79 Å². The van der Waals surface area contributed by atoms with E-state index in [1.165, 1.54) is 0 Å². The zero-order chi connectivity index (χ0) is 13.8. The first-order chi connectivity index (χ1) is 9.08. The predicted molar refractivity (Wildman–Crippen MR) is 72.1 cm³/mol.